The number of benzene rings is 2. The molecule has 1 heterocycles. The van der Waals surface area contributed by atoms with Crippen LogP contribution < -0.4 is 10.9 Å². The number of aromatic nitrogens is 3. The summed E-state index contributed by atoms with van der Waals surface area (Å²) in [5.41, 5.74) is 5.15. The fourth-order valence-corrected chi connectivity index (χ4v) is 2.68. The zero-order valence-electron chi connectivity index (χ0n) is 14.1. The Hall–Kier alpha value is -2.76. The molecular formula is C16H16F3N5O2S. The van der Waals surface area contributed by atoms with Crippen molar-refractivity contribution in [3.8, 4) is 17.1 Å². The van der Waals surface area contributed by atoms with Crippen LogP contribution in [-0.4, -0.2) is 30.2 Å². The Morgan fingerprint density at radius 2 is 1.52 bits per heavy atom. The molecule has 0 amide bonds. The number of sulfonamides is 1. The van der Waals surface area contributed by atoms with Gasteiger partial charge in [0.1, 0.15) is 0 Å². The highest BCUT2D eigenvalue weighted by Crippen LogP contribution is 2.30. The number of nitrogens with zero attached hydrogens (tertiary/aromatic N) is 3. The first-order valence-electron chi connectivity index (χ1n) is 7.47. The molecule has 3 aromatic rings. The maximum Gasteiger partial charge on any atom is 0.453 e. The first-order valence-corrected chi connectivity index (χ1v) is 9.01. The molecule has 3 rings (SSSR count). The zero-order valence-corrected chi connectivity index (χ0v) is 14.9. The molecule has 0 atom stereocenters. The average molecular weight is 399 g/mol. The lowest BCUT2D eigenvalue weighted by molar-refractivity contribution is -0.144. The van der Waals surface area contributed by atoms with Crippen LogP contribution in [0.25, 0.3) is 17.1 Å². The van der Waals surface area contributed by atoms with E-state index in [-0.39, 0.29) is 16.4 Å². The maximum atomic E-state index is 13.0. The highest BCUT2D eigenvalue weighted by Gasteiger charge is 2.37. The molecule has 0 aliphatic rings. The van der Waals surface area contributed by atoms with Gasteiger partial charge in [0.2, 0.25) is 10.0 Å². The third kappa shape index (κ3) is 4.70. The van der Waals surface area contributed by atoms with Crippen LogP contribution in [-0.2, 0) is 16.2 Å². The maximum absolute atomic E-state index is 13.0. The van der Waals surface area contributed by atoms with Gasteiger partial charge in [-0.2, -0.15) is 13.2 Å². The highest BCUT2D eigenvalue weighted by atomic mass is 32.2. The van der Waals surface area contributed by atoms with Gasteiger partial charge in [0.15, 0.2) is 5.82 Å². The third-order valence-electron chi connectivity index (χ3n) is 3.30. The van der Waals surface area contributed by atoms with Crippen LogP contribution in [0, 0.1) is 0 Å². The molecule has 27 heavy (non-hydrogen) atoms. The molecule has 0 bridgehead atoms. The molecule has 11 heteroatoms. The van der Waals surface area contributed by atoms with Gasteiger partial charge in [0, 0.05) is 5.56 Å². The molecule has 2 aromatic carbocycles. The van der Waals surface area contributed by atoms with Crippen molar-refractivity contribution in [3.05, 3.63) is 60.4 Å². The van der Waals surface area contributed by atoms with E-state index in [1.165, 1.54) is 31.3 Å². The SMILES string of the molecule is CN.NS(=O)(=O)c1ccc(-n2nc(C(F)(F)F)nc2-c2ccccc2)cc1. The van der Waals surface area contributed by atoms with Crippen LogP contribution >= 0.6 is 0 Å². The van der Waals surface area contributed by atoms with Crippen molar-refractivity contribution in [1.82, 2.24) is 14.8 Å². The summed E-state index contributed by atoms with van der Waals surface area (Å²) in [6.07, 6.45) is -4.71. The van der Waals surface area contributed by atoms with Gasteiger partial charge in [-0.25, -0.2) is 23.2 Å². The fourth-order valence-electron chi connectivity index (χ4n) is 2.16. The van der Waals surface area contributed by atoms with Crippen molar-refractivity contribution in [2.45, 2.75) is 11.1 Å². The number of hydrogen-bond donors (Lipinski definition) is 2. The molecule has 0 aliphatic heterocycles. The third-order valence-corrected chi connectivity index (χ3v) is 4.23. The summed E-state index contributed by atoms with van der Waals surface area (Å²) in [7, 11) is -2.41. The Bertz CT molecular complexity index is 1000. The van der Waals surface area contributed by atoms with Crippen LogP contribution in [0.5, 0.6) is 0 Å². The first kappa shape index (κ1) is 20.6. The predicted molar refractivity (Wildman–Crippen MR) is 93.3 cm³/mol. The molecule has 0 radical (unpaired) electrons. The van der Waals surface area contributed by atoms with Crippen molar-refractivity contribution in [2.24, 2.45) is 10.9 Å². The van der Waals surface area contributed by atoms with E-state index in [9.17, 15) is 21.6 Å². The monoisotopic (exact) mass is 399 g/mol. The summed E-state index contributed by atoms with van der Waals surface area (Å²) in [5.74, 6) is -1.31. The Labute approximate surface area is 153 Å². The minimum atomic E-state index is -4.71. The number of alkyl halides is 3. The minimum Gasteiger partial charge on any atom is -0.333 e. The van der Waals surface area contributed by atoms with Gasteiger partial charge in [-0.15, -0.1) is 5.10 Å². The summed E-state index contributed by atoms with van der Waals surface area (Å²) in [6, 6.07) is 13.2. The van der Waals surface area contributed by atoms with Gasteiger partial charge in [-0.05, 0) is 31.3 Å². The summed E-state index contributed by atoms with van der Waals surface area (Å²) >= 11 is 0. The van der Waals surface area contributed by atoms with Crippen LogP contribution in [0.1, 0.15) is 5.82 Å². The second kappa shape index (κ2) is 7.86. The summed E-state index contributed by atoms with van der Waals surface area (Å²) in [4.78, 5) is 3.42. The van der Waals surface area contributed by atoms with Gasteiger partial charge in [0.05, 0.1) is 10.6 Å². The van der Waals surface area contributed by atoms with Crippen molar-refractivity contribution < 1.29 is 21.6 Å². The normalized spacial score (nSPS) is 11.6. The first-order chi connectivity index (χ1) is 12.7. The van der Waals surface area contributed by atoms with Gasteiger partial charge in [-0.1, -0.05) is 30.3 Å². The minimum absolute atomic E-state index is 0.0173. The summed E-state index contributed by atoms with van der Waals surface area (Å²) in [6.45, 7) is 0. The number of hydrogen-bond acceptors (Lipinski definition) is 5. The van der Waals surface area contributed by atoms with E-state index >= 15 is 0 Å². The Balaban J connectivity index is 0.00000126. The van der Waals surface area contributed by atoms with E-state index in [2.05, 4.69) is 15.8 Å². The van der Waals surface area contributed by atoms with Gasteiger partial charge >= 0.3 is 6.18 Å². The number of rotatable bonds is 3. The molecule has 0 aliphatic carbocycles. The molecule has 144 valence electrons. The van der Waals surface area contributed by atoms with Crippen molar-refractivity contribution in [2.75, 3.05) is 7.05 Å². The molecular weight excluding hydrogens is 383 g/mol. The van der Waals surface area contributed by atoms with Gasteiger partial charge < -0.3 is 5.73 Å². The quantitative estimate of drug-likeness (QED) is 0.700. The second-order valence-corrected chi connectivity index (χ2v) is 6.63. The summed E-state index contributed by atoms with van der Waals surface area (Å²) < 4.78 is 62.6. The Kier molecular flexibility index (Phi) is 5.98. The highest BCUT2D eigenvalue weighted by molar-refractivity contribution is 7.89. The Morgan fingerprint density at radius 1 is 0.963 bits per heavy atom. The molecule has 0 unspecified atom stereocenters. The van der Waals surface area contributed by atoms with Gasteiger partial charge in [-0.3, -0.25) is 0 Å². The van der Waals surface area contributed by atoms with E-state index in [0.29, 0.717) is 5.56 Å². The molecule has 0 spiro atoms. The van der Waals surface area contributed by atoms with E-state index in [0.717, 1.165) is 4.68 Å². The topological polar surface area (TPSA) is 117 Å². The number of primary sulfonamides is 1. The molecule has 4 N–H and O–H groups in total. The Morgan fingerprint density at radius 3 is 2.00 bits per heavy atom. The van der Waals surface area contributed by atoms with Crippen molar-refractivity contribution in [1.29, 1.82) is 0 Å². The lowest BCUT2D eigenvalue weighted by Crippen LogP contribution is -2.12. The lowest BCUT2D eigenvalue weighted by atomic mass is 10.2. The van der Waals surface area contributed by atoms with Crippen molar-refractivity contribution in [3.63, 3.8) is 0 Å². The summed E-state index contributed by atoms with van der Waals surface area (Å²) in [5, 5.41) is 8.54. The van der Waals surface area contributed by atoms with Gasteiger partial charge in [0.25, 0.3) is 5.82 Å². The largest absolute Gasteiger partial charge is 0.453 e. The number of nitrogens with two attached hydrogens (primary N) is 2. The lowest BCUT2D eigenvalue weighted by Gasteiger charge is -2.06. The predicted octanol–water partition coefficient (Wildman–Crippen LogP) is 2.18. The van der Waals surface area contributed by atoms with E-state index < -0.39 is 22.0 Å². The zero-order chi connectivity index (χ0) is 20.2. The van der Waals surface area contributed by atoms with E-state index in [1.54, 1.807) is 30.3 Å². The van der Waals surface area contributed by atoms with E-state index in [4.69, 9.17) is 5.14 Å². The van der Waals surface area contributed by atoms with Crippen LogP contribution in [0.2, 0.25) is 0 Å². The molecule has 7 nitrogen and oxygen atoms in total. The standard InChI is InChI=1S/C15H11F3N4O2S.CH5N/c16-15(17,18)14-20-13(10-4-2-1-3-5-10)22(21-14)11-6-8-12(9-7-11)25(19,23)24;1-2/h1-9H,(H2,19,23,24);2H2,1H3. The number of halogens is 3. The molecule has 0 fully saturated rings. The van der Waals surface area contributed by atoms with Crippen LogP contribution in [0.4, 0.5) is 13.2 Å². The van der Waals surface area contributed by atoms with Crippen molar-refractivity contribution >= 4 is 10.0 Å². The smallest absolute Gasteiger partial charge is 0.333 e. The average Bonchev–Trinajstić information content (AvgIpc) is 3.09. The van der Waals surface area contributed by atoms with E-state index in [1.807, 2.05) is 0 Å². The fraction of sp³-hybridized carbons (Fsp3) is 0.125. The second-order valence-electron chi connectivity index (χ2n) is 5.07. The molecule has 0 saturated heterocycles. The van der Waals surface area contributed by atoms with Crippen LogP contribution in [0.15, 0.2) is 59.5 Å². The van der Waals surface area contributed by atoms with Crippen LogP contribution in [0.3, 0.4) is 0 Å². The molecule has 0 saturated carbocycles. The molecule has 1 aromatic heterocycles.